The minimum atomic E-state index is 0.139. The van der Waals surface area contributed by atoms with Crippen molar-refractivity contribution in [2.75, 3.05) is 0 Å². The van der Waals surface area contributed by atoms with Gasteiger partial charge in [-0.05, 0) is 41.0 Å². The number of aromatic nitrogens is 1. The van der Waals surface area contributed by atoms with Crippen LogP contribution in [0.2, 0.25) is 0 Å². The summed E-state index contributed by atoms with van der Waals surface area (Å²) in [5.74, 6) is 0. The summed E-state index contributed by atoms with van der Waals surface area (Å²) in [6, 6.07) is 13.0. The van der Waals surface area contributed by atoms with E-state index < -0.39 is 0 Å². The molecular weight excluding hydrogens is 244 g/mol. The second-order valence-corrected chi connectivity index (χ2v) is 6.48. The van der Waals surface area contributed by atoms with Crippen molar-refractivity contribution in [2.45, 2.75) is 45.1 Å². The molecule has 1 unspecified atom stereocenters. The number of rotatable bonds is 4. The number of benzene rings is 1. The third-order valence-electron chi connectivity index (χ3n) is 3.54. The van der Waals surface area contributed by atoms with Gasteiger partial charge < -0.3 is 5.73 Å². The Morgan fingerprint density at radius 3 is 2.20 bits per heavy atom. The van der Waals surface area contributed by atoms with Crippen LogP contribution in [0.5, 0.6) is 0 Å². The molecule has 20 heavy (non-hydrogen) atoms. The van der Waals surface area contributed by atoms with E-state index in [4.69, 9.17) is 5.73 Å². The second-order valence-electron chi connectivity index (χ2n) is 6.48. The molecule has 1 aromatic carbocycles. The first-order valence-electron chi connectivity index (χ1n) is 7.19. The van der Waals surface area contributed by atoms with E-state index >= 15 is 0 Å². The summed E-state index contributed by atoms with van der Waals surface area (Å²) < 4.78 is 0. The minimum absolute atomic E-state index is 0.139. The van der Waals surface area contributed by atoms with Gasteiger partial charge in [0.25, 0.3) is 0 Å². The SMILES string of the molecule is CC(C)(C)c1ccc(CC(N)Cc2cccnc2)cc1. The summed E-state index contributed by atoms with van der Waals surface area (Å²) >= 11 is 0. The standard InChI is InChI=1S/C18H24N2/c1-18(2,3)16-8-6-14(7-9-16)11-17(19)12-15-5-4-10-20-13-15/h4-10,13,17H,11-12,19H2,1-3H3. The zero-order chi connectivity index (χ0) is 14.6. The average Bonchev–Trinajstić information content (AvgIpc) is 2.39. The molecule has 0 spiro atoms. The first-order chi connectivity index (χ1) is 9.45. The monoisotopic (exact) mass is 268 g/mol. The van der Waals surface area contributed by atoms with Gasteiger partial charge >= 0.3 is 0 Å². The Bertz CT molecular complexity index is 524. The predicted octanol–water partition coefficient (Wildman–Crippen LogP) is 3.49. The highest BCUT2D eigenvalue weighted by molar-refractivity contribution is 5.28. The quantitative estimate of drug-likeness (QED) is 0.922. The Balaban J connectivity index is 1.96. The molecule has 0 aliphatic rings. The largest absolute Gasteiger partial charge is 0.327 e. The van der Waals surface area contributed by atoms with Crippen LogP contribution >= 0.6 is 0 Å². The molecule has 2 aromatic rings. The number of pyridine rings is 1. The predicted molar refractivity (Wildman–Crippen MR) is 84.8 cm³/mol. The van der Waals surface area contributed by atoms with Gasteiger partial charge in [-0.3, -0.25) is 4.98 Å². The molecule has 0 aliphatic carbocycles. The van der Waals surface area contributed by atoms with Crippen molar-refractivity contribution in [1.29, 1.82) is 0 Å². The molecule has 0 radical (unpaired) electrons. The minimum Gasteiger partial charge on any atom is -0.327 e. The smallest absolute Gasteiger partial charge is 0.0300 e. The van der Waals surface area contributed by atoms with Crippen LogP contribution in [-0.2, 0) is 18.3 Å². The van der Waals surface area contributed by atoms with Crippen LogP contribution in [0.1, 0.15) is 37.5 Å². The fraction of sp³-hybridized carbons (Fsp3) is 0.389. The number of hydrogen-bond donors (Lipinski definition) is 1. The van der Waals surface area contributed by atoms with Crippen LogP contribution in [0.15, 0.2) is 48.8 Å². The van der Waals surface area contributed by atoms with Crippen molar-refractivity contribution in [2.24, 2.45) is 5.73 Å². The first-order valence-corrected chi connectivity index (χ1v) is 7.19. The molecule has 0 amide bonds. The van der Waals surface area contributed by atoms with Gasteiger partial charge in [0.1, 0.15) is 0 Å². The van der Waals surface area contributed by atoms with Gasteiger partial charge in [-0.25, -0.2) is 0 Å². The van der Waals surface area contributed by atoms with Crippen molar-refractivity contribution in [3.8, 4) is 0 Å². The molecule has 2 rings (SSSR count). The van der Waals surface area contributed by atoms with Crippen molar-refractivity contribution >= 4 is 0 Å². The fourth-order valence-corrected chi connectivity index (χ4v) is 2.34. The van der Waals surface area contributed by atoms with Crippen molar-refractivity contribution in [1.82, 2.24) is 4.98 Å². The summed E-state index contributed by atoms with van der Waals surface area (Å²) in [5, 5.41) is 0. The van der Waals surface area contributed by atoms with E-state index in [-0.39, 0.29) is 11.5 Å². The number of nitrogens with zero attached hydrogens (tertiary/aromatic N) is 1. The Hall–Kier alpha value is -1.67. The van der Waals surface area contributed by atoms with Gasteiger partial charge in [0.15, 0.2) is 0 Å². The van der Waals surface area contributed by atoms with E-state index in [9.17, 15) is 0 Å². The highest BCUT2D eigenvalue weighted by Gasteiger charge is 2.13. The molecule has 0 fully saturated rings. The van der Waals surface area contributed by atoms with Crippen LogP contribution in [0.4, 0.5) is 0 Å². The summed E-state index contributed by atoms with van der Waals surface area (Å²) in [7, 11) is 0. The molecule has 1 atom stereocenters. The summed E-state index contributed by atoms with van der Waals surface area (Å²) in [6.07, 6.45) is 5.46. The Kier molecular flexibility index (Phi) is 4.56. The van der Waals surface area contributed by atoms with Gasteiger partial charge in [-0.1, -0.05) is 51.1 Å². The molecule has 1 aromatic heterocycles. The molecule has 1 heterocycles. The summed E-state index contributed by atoms with van der Waals surface area (Å²) in [6.45, 7) is 6.70. The van der Waals surface area contributed by atoms with Gasteiger partial charge in [0.2, 0.25) is 0 Å². The van der Waals surface area contributed by atoms with Gasteiger partial charge in [-0.2, -0.15) is 0 Å². The highest BCUT2D eigenvalue weighted by atomic mass is 14.6. The van der Waals surface area contributed by atoms with Crippen LogP contribution < -0.4 is 5.73 Å². The molecule has 0 bridgehead atoms. The van der Waals surface area contributed by atoms with Gasteiger partial charge in [0, 0.05) is 18.4 Å². The van der Waals surface area contributed by atoms with E-state index in [1.807, 2.05) is 12.3 Å². The molecule has 0 aliphatic heterocycles. The van der Waals surface area contributed by atoms with Crippen LogP contribution in [0.25, 0.3) is 0 Å². The molecule has 106 valence electrons. The topological polar surface area (TPSA) is 38.9 Å². The van der Waals surface area contributed by atoms with Crippen LogP contribution in [0.3, 0.4) is 0 Å². The Morgan fingerprint density at radius 1 is 1.00 bits per heavy atom. The molecule has 2 heteroatoms. The molecule has 2 nitrogen and oxygen atoms in total. The normalized spacial score (nSPS) is 13.2. The maximum Gasteiger partial charge on any atom is 0.0300 e. The Labute approximate surface area is 122 Å². The van der Waals surface area contributed by atoms with Gasteiger partial charge in [0.05, 0.1) is 0 Å². The molecule has 0 saturated carbocycles. The van der Waals surface area contributed by atoms with Crippen molar-refractivity contribution in [3.05, 3.63) is 65.5 Å². The lowest BCUT2D eigenvalue weighted by molar-refractivity contribution is 0.589. The van der Waals surface area contributed by atoms with Crippen molar-refractivity contribution < 1.29 is 0 Å². The molecule has 2 N–H and O–H groups in total. The molecule has 0 saturated heterocycles. The van der Waals surface area contributed by atoms with Crippen LogP contribution in [0, 0.1) is 0 Å². The van der Waals surface area contributed by atoms with Crippen LogP contribution in [-0.4, -0.2) is 11.0 Å². The molecular formula is C18H24N2. The van der Waals surface area contributed by atoms with E-state index in [2.05, 4.69) is 56.1 Å². The van der Waals surface area contributed by atoms with E-state index in [1.54, 1.807) is 6.20 Å². The van der Waals surface area contributed by atoms with E-state index in [0.717, 1.165) is 12.8 Å². The first kappa shape index (κ1) is 14.7. The van der Waals surface area contributed by atoms with Crippen molar-refractivity contribution in [3.63, 3.8) is 0 Å². The lowest BCUT2D eigenvalue weighted by atomic mass is 9.86. The van der Waals surface area contributed by atoms with Gasteiger partial charge in [-0.15, -0.1) is 0 Å². The number of nitrogens with two attached hydrogens (primary N) is 1. The maximum atomic E-state index is 6.23. The third-order valence-corrected chi connectivity index (χ3v) is 3.54. The fourth-order valence-electron chi connectivity index (χ4n) is 2.34. The second kappa shape index (κ2) is 6.19. The van der Waals surface area contributed by atoms with E-state index in [1.165, 1.54) is 16.7 Å². The lowest BCUT2D eigenvalue weighted by Crippen LogP contribution is -2.25. The lowest BCUT2D eigenvalue weighted by Gasteiger charge is -2.19. The highest BCUT2D eigenvalue weighted by Crippen LogP contribution is 2.22. The summed E-state index contributed by atoms with van der Waals surface area (Å²) in [5.41, 5.74) is 10.3. The summed E-state index contributed by atoms with van der Waals surface area (Å²) in [4.78, 5) is 4.13. The third kappa shape index (κ3) is 4.17. The average molecular weight is 268 g/mol. The maximum absolute atomic E-state index is 6.23. The zero-order valence-electron chi connectivity index (χ0n) is 12.6. The number of hydrogen-bond acceptors (Lipinski definition) is 2. The Morgan fingerprint density at radius 2 is 1.65 bits per heavy atom. The zero-order valence-corrected chi connectivity index (χ0v) is 12.6. The van der Waals surface area contributed by atoms with E-state index in [0.29, 0.717) is 0 Å².